The molecule has 2 aromatic rings. The van der Waals surface area contributed by atoms with Crippen LogP contribution in [0.5, 0.6) is 0 Å². The average molecular weight is 302 g/mol. The van der Waals surface area contributed by atoms with Crippen LogP contribution in [0.4, 0.5) is 16.3 Å². The third kappa shape index (κ3) is 2.74. The molecule has 1 amide bonds. The Hall–Kier alpha value is -2.57. The first-order chi connectivity index (χ1) is 10.5. The minimum atomic E-state index is -0.487. The van der Waals surface area contributed by atoms with E-state index in [1.807, 2.05) is 13.8 Å². The highest BCUT2D eigenvalue weighted by atomic mass is 16.5. The maximum Gasteiger partial charge on any atom is 0.411 e. The number of anilines is 2. The van der Waals surface area contributed by atoms with Crippen LogP contribution in [0.15, 0.2) is 23.0 Å². The summed E-state index contributed by atoms with van der Waals surface area (Å²) in [6.45, 7) is 5.62. The molecule has 1 aromatic carbocycles. The summed E-state index contributed by atoms with van der Waals surface area (Å²) < 4.78 is 6.70. The standard InChI is InChI=1S/C15H18N4O3/c1-9(2)8-22-15(21)17-10-3-4-12-11(7-10)13-16-5-6-19(13)14(20)18-12/h3-4,7,9,16H,5-6,8H2,1-2H3,(H,17,21). The van der Waals surface area contributed by atoms with Gasteiger partial charge in [0.25, 0.3) is 0 Å². The van der Waals surface area contributed by atoms with E-state index in [0.29, 0.717) is 30.9 Å². The van der Waals surface area contributed by atoms with Crippen molar-refractivity contribution in [2.75, 3.05) is 23.8 Å². The molecule has 116 valence electrons. The van der Waals surface area contributed by atoms with E-state index in [-0.39, 0.29) is 11.6 Å². The largest absolute Gasteiger partial charge is 0.449 e. The number of nitrogens with one attached hydrogen (secondary N) is 2. The molecule has 2 heterocycles. The van der Waals surface area contributed by atoms with Gasteiger partial charge in [0.05, 0.1) is 12.1 Å². The van der Waals surface area contributed by atoms with Gasteiger partial charge in [-0.05, 0) is 24.1 Å². The molecule has 2 N–H and O–H groups in total. The Bertz CT molecular complexity index is 782. The zero-order valence-electron chi connectivity index (χ0n) is 12.5. The summed E-state index contributed by atoms with van der Waals surface area (Å²) in [4.78, 5) is 27.6. The molecule has 0 atom stereocenters. The van der Waals surface area contributed by atoms with E-state index in [0.717, 1.165) is 11.2 Å². The van der Waals surface area contributed by atoms with E-state index >= 15 is 0 Å². The van der Waals surface area contributed by atoms with Crippen molar-refractivity contribution in [2.45, 2.75) is 20.4 Å². The minimum absolute atomic E-state index is 0.260. The van der Waals surface area contributed by atoms with Crippen LogP contribution in [0.3, 0.4) is 0 Å². The van der Waals surface area contributed by atoms with E-state index < -0.39 is 6.09 Å². The molecule has 1 aliphatic rings. The van der Waals surface area contributed by atoms with Crippen molar-refractivity contribution in [1.82, 2.24) is 9.55 Å². The predicted octanol–water partition coefficient (Wildman–Crippen LogP) is 2.03. The molecular weight excluding hydrogens is 284 g/mol. The Morgan fingerprint density at radius 2 is 2.32 bits per heavy atom. The van der Waals surface area contributed by atoms with E-state index in [2.05, 4.69) is 15.6 Å². The molecule has 0 unspecified atom stereocenters. The monoisotopic (exact) mass is 302 g/mol. The van der Waals surface area contributed by atoms with Crippen molar-refractivity contribution in [3.63, 3.8) is 0 Å². The van der Waals surface area contributed by atoms with Crippen LogP contribution in [-0.4, -0.2) is 28.8 Å². The Morgan fingerprint density at radius 1 is 1.50 bits per heavy atom. The first kappa shape index (κ1) is 14.4. The number of carbonyl (C=O) groups excluding carboxylic acids is 1. The van der Waals surface area contributed by atoms with Gasteiger partial charge in [-0.15, -0.1) is 0 Å². The van der Waals surface area contributed by atoms with Gasteiger partial charge in [-0.1, -0.05) is 13.8 Å². The minimum Gasteiger partial charge on any atom is -0.449 e. The molecule has 22 heavy (non-hydrogen) atoms. The summed E-state index contributed by atoms with van der Waals surface area (Å²) in [5, 5.41) is 6.68. The number of hydrogen-bond acceptors (Lipinski definition) is 5. The molecule has 0 saturated heterocycles. The van der Waals surface area contributed by atoms with Gasteiger partial charge in [-0.2, -0.15) is 4.98 Å². The maximum atomic E-state index is 11.9. The fourth-order valence-corrected chi connectivity index (χ4v) is 2.39. The Morgan fingerprint density at radius 3 is 3.09 bits per heavy atom. The van der Waals surface area contributed by atoms with Crippen LogP contribution in [-0.2, 0) is 11.3 Å². The van der Waals surface area contributed by atoms with Crippen molar-refractivity contribution in [3.8, 4) is 0 Å². The summed E-state index contributed by atoms with van der Waals surface area (Å²) in [5.41, 5.74) is 0.953. The second kappa shape index (κ2) is 5.67. The van der Waals surface area contributed by atoms with Crippen molar-refractivity contribution >= 4 is 28.5 Å². The third-order valence-corrected chi connectivity index (χ3v) is 3.39. The number of benzene rings is 1. The normalized spacial score (nSPS) is 13.0. The molecule has 0 fully saturated rings. The van der Waals surface area contributed by atoms with Gasteiger partial charge in [-0.25, -0.2) is 9.59 Å². The Labute approximate surface area is 127 Å². The molecule has 0 bridgehead atoms. The molecule has 1 aliphatic heterocycles. The van der Waals surface area contributed by atoms with Crippen LogP contribution in [0.2, 0.25) is 0 Å². The van der Waals surface area contributed by atoms with Gasteiger partial charge in [-0.3, -0.25) is 9.88 Å². The van der Waals surface area contributed by atoms with Gasteiger partial charge in [0.1, 0.15) is 5.82 Å². The lowest BCUT2D eigenvalue weighted by atomic mass is 10.2. The lowest BCUT2D eigenvalue weighted by Crippen LogP contribution is -2.21. The number of amides is 1. The van der Waals surface area contributed by atoms with Crippen LogP contribution in [0.1, 0.15) is 13.8 Å². The first-order valence-corrected chi connectivity index (χ1v) is 7.27. The van der Waals surface area contributed by atoms with E-state index in [9.17, 15) is 9.59 Å². The number of ether oxygens (including phenoxy) is 1. The van der Waals surface area contributed by atoms with Crippen molar-refractivity contribution < 1.29 is 9.53 Å². The average Bonchev–Trinajstić information content (AvgIpc) is 2.96. The molecule has 3 rings (SSSR count). The predicted molar refractivity (Wildman–Crippen MR) is 84.3 cm³/mol. The molecule has 0 spiro atoms. The zero-order valence-corrected chi connectivity index (χ0v) is 12.5. The summed E-state index contributed by atoms with van der Waals surface area (Å²) in [7, 11) is 0. The topological polar surface area (TPSA) is 85.2 Å². The number of rotatable bonds is 3. The number of carbonyl (C=O) groups is 1. The van der Waals surface area contributed by atoms with Gasteiger partial charge < -0.3 is 10.1 Å². The quantitative estimate of drug-likeness (QED) is 0.906. The van der Waals surface area contributed by atoms with Crippen LogP contribution in [0.25, 0.3) is 10.9 Å². The van der Waals surface area contributed by atoms with Crippen molar-refractivity contribution in [1.29, 1.82) is 0 Å². The highest BCUT2D eigenvalue weighted by Crippen LogP contribution is 2.26. The third-order valence-electron chi connectivity index (χ3n) is 3.39. The summed E-state index contributed by atoms with van der Waals surface area (Å²) in [6, 6.07) is 5.22. The van der Waals surface area contributed by atoms with E-state index in [4.69, 9.17) is 4.74 Å². The SMILES string of the molecule is CC(C)COC(=O)Nc1ccc2nc(=O)n3c(c2c1)NCC3. The Balaban J connectivity index is 1.88. The van der Waals surface area contributed by atoms with E-state index in [1.165, 1.54) is 0 Å². The zero-order chi connectivity index (χ0) is 15.7. The molecule has 0 saturated carbocycles. The second-order valence-corrected chi connectivity index (χ2v) is 5.67. The second-order valence-electron chi connectivity index (χ2n) is 5.67. The first-order valence-electron chi connectivity index (χ1n) is 7.27. The van der Waals surface area contributed by atoms with E-state index in [1.54, 1.807) is 22.8 Å². The highest BCUT2D eigenvalue weighted by molar-refractivity contribution is 5.95. The van der Waals surface area contributed by atoms with Crippen LogP contribution >= 0.6 is 0 Å². The van der Waals surface area contributed by atoms with Gasteiger partial charge in [0, 0.05) is 24.2 Å². The molecule has 7 nitrogen and oxygen atoms in total. The highest BCUT2D eigenvalue weighted by Gasteiger charge is 2.16. The lowest BCUT2D eigenvalue weighted by molar-refractivity contribution is 0.147. The number of nitrogens with zero attached hydrogens (tertiary/aromatic N) is 2. The molecule has 0 radical (unpaired) electrons. The van der Waals surface area contributed by atoms with Gasteiger partial charge in [0.15, 0.2) is 0 Å². The van der Waals surface area contributed by atoms with Gasteiger partial charge >= 0.3 is 11.8 Å². The molecule has 0 aliphatic carbocycles. The summed E-state index contributed by atoms with van der Waals surface area (Å²) in [5.74, 6) is 1.03. The van der Waals surface area contributed by atoms with Crippen LogP contribution in [0, 0.1) is 5.92 Å². The van der Waals surface area contributed by atoms with Gasteiger partial charge in [0.2, 0.25) is 0 Å². The fourth-order valence-electron chi connectivity index (χ4n) is 2.39. The van der Waals surface area contributed by atoms with Crippen LogP contribution < -0.4 is 16.3 Å². The fraction of sp³-hybridized carbons (Fsp3) is 0.400. The lowest BCUT2D eigenvalue weighted by Gasteiger charge is -2.10. The summed E-state index contributed by atoms with van der Waals surface area (Å²) >= 11 is 0. The molecule has 7 heteroatoms. The molecular formula is C15H18N4O3. The number of aromatic nitrogens is 2. The maximum absolute atomic E-state index is 11.9. The van der Waals surface area contributed by atoms with Crippen molar-refractivity contribution in [3.05, 3.63) is 28.7 Å². The summed E-state index contributed by atoms with van der Waals surface area (Å²) in [6.07, 6.45) is -0.487. The smallest absolute Gasteiger partial charge is 0.411 e. The number of fused-ring (bicyclic) bond motifs is 3. The number of hydrogen-bond donors (Lipinski definition) is 2. The Kier molecular flexibility index (Phi) is 3.70. The van der Waals surface area contributed by atoms with Crippen molar-refractivity contribution in [2.24, 2.45) is 5.92 Å². The molecule has 1 aromatic heterocycles.